The molecule has 0 fully saturated rings. The lowest BCUT2D eigenvalue weighted by atomic mass is 10.1. The highest BCUT2D eigenvalue weighted by Crippen LogP contribution is 2.36. The van der Waals surface area contributed by atoms with E-state index in [1.807, 2.05) is 5.32 Å². The molecule has 0 atom stereocenters. The standard InChI is InChI=1S/C9H7F3N2O4/c10-9(11,12)6-2-1-5(4-13-8(15)16)3-7(6)14(17)18/h1-3,13H,4H2,(H,15,16). The third-order valence-corrected chi connectivity index (χ3v) is 2.01. The van der Waals surface area contributed by atoms with Gasteiger partial charge in [-0.2, -0.15) is 13.2 Å². The molecule has 0 aliphatic rings. The average Bonchev–Trinajstić information content (AvgIpc) is 2.24. The molecular weight excluding hydrogens is 257 g/mol. The molecule has 0 spiro atoms. The van der Waals surface area contributed by atoms with Gasteiger partial charge in [0, 0.05) is 12.6 Å². The number of nitrogens with zero attached hydrogens (tertiary/aromatic N) is 1. The molecule has 0 saturated heterocycles. The van der Waals surface area contributed by atoms with Gasteiger partial charge >= 0.3 is 12.3 Å². The van der Waals surface area contributed by atoms with E-state index in [1.54, 1.807) is 0 Å². The van der Waals surface area contributed by atoms with Gasteiger partial charge in [-0.3, -0.25) is 10.1 Å². The molecule has 1 amide bonds. The highest BCUT2D eigenvalue weighted by atomic mass is 19.4. The zero-order valence-corrected chi connectivity index (χ0v) is 8.69. The highest BCUT2D eigenvalue weighted by molar-refractivity contribution is 5.64. The fraction of sp³-hybridized carbons (Fsp3) is 0.222. The Morgan fingerprint density at radius 1 is 1.44 bits per heavy atom. The topological polar surface area (TPSA) is 92.5 Å². The molecule has 0 radical (unpaired) electrons. The second-order valence-electron chi connectivity index (χ2n) is 3.27. The summed E-state index contributed by atoms with van der Waals surface area (Å²) < 4.78 is 37.3. The predicted molar refractivity (Wildman–Crippen MR) is 53.0 cm³/mol. The second kappa shape index (κ2) is 4.90. The van der Waals surface area contributed by atoms with E-state index in [4.69, 9.17) is 5.11 Å². The summed E-state index contributed by atoms with van der Waals surface area (Å²) in [4.78, 5) is 19.6. The predicted octanol–water partition coefficient (Wildman–Crippen LogP) is 2.38. The molecule has 1 aromatic rings. The lowest BCUT2D eigenvalue weighted by Gasteiger charge is -2.08. The Morgan fingerprint density at radius 2 is 2.06 bits per heavy atom. The largest absolute Gasteiger partial charge is 0.465 e. The summed E-state index contributed by atoms with van der Waals surface area (Å²) in [6.45, 7) is -0.311. The van der Waals surface area contributed by atoms with Crippen molar-refractivity contribution in [3.8, 4) is 0 Å². The van der Waals surface area contributed by atoms with Crippen molar-refractivity contribution >= 4 is 11.8 Å². The van der Waals surface area contributed by atoms with Gasteiger partial charge in [0.25, 0.3) is 5.69 Å². The first-order chi connectivity index (χ1) is 8.21. The molecule has 0 aliphatic carbocycles. The summed E-state index contributed by atoms with van der Waals surface area (Å²) in [5, 5.41) is 20.7. The van der Waals surface area contributed by atoms with Crippen molar-refractivity contribution in [3.63, 3.8) is 0 Å². The molecule has 0 aliphatic heterocycles. The first-order valence-corrected chi connectivity index (χ1v) is 4.53. The molecule has 1 rings (SSSR count). The van der Waals surface area contributed by atoms with E-state index in [-0.39, 0.29) is 12.1 Å². The van der Waals surface area contributed by atoms with Crippen LogP contribution in [0.3, 0.4) is 0 Å². The maximum atomic E-state index is 12.4. The second-order valence-corrected chi connectivity index (χ2v) is 3.27. The van der Waals surface area contributed by atoms with E-state index in [9.17, 15) is 28.1 Å². The number of benzene rings is 1. The van der Waals surface area contributed by atoms with Crippen molar-refractivity contribution < 1.29 is 28.0 Å². The van der Waals surface area contributed by atoms with E-state index >= 15 is 0 Å². The van der Waals surface area contributed by atoms with E-state index in [2.05, 4.69) is 0 Å². The number of carboxylic acid groups (broad SMARTS) is 1. The fourth-order valence-corrected chi connectivity index (χ4v) is 1.26. The van der Waals surface area contributed by atoms with Crippen molar-refractivity contribution in [2.75, 3.05) is 0 Å². The van der Waals surface area contributed by atoms with Crippen LogP contribution in [0.5, 0.6) is 0 Å². The van der Waals surface area contributed by atoms with Crippen LogP contribution in [-0.2, 0) is 12.7 Å². The molecule has 9 heteroatoms. The fourth-order valence-electron chi connectivity index (χ4n) is 1.26. The van der Waals surface area contributed by atoms with Gasteiger partial charge in [-0.05, 0) is 11.6 Å². The van der Waals surface area contributed by atoms with Gasteiger partial charge in [0.15, 0.2) is 0 Å². The van der Waals surface area contributed by atoms with Crippen LogP contribution < -0.4 is 5.32 Å². The van der Waals surface area contributed by atoms with Crippen LogP contribution in [0, 0.1) is 10.1 Å². The summed E-state index contributed by atoms with van der Waals surface area (Å²) in [6, 6.07) is 2.22. The molecule has 0 aromatic heterocycles. The van der Waals surface area contributed by atoms with Crippen LogP contribution in [0.4, 0.5) is 23.7 Å². The van der Waals surface area contributed by atoms with Crippen LogP contribution >= 0.6 is 0 Å². The molecule has 6 nitrogen and oxygen atoms in total. The number of rotatable bonds is 3. The van der Waals surface area contributed by atoms with Crippen molar-refractivity contribution in [1.82, 2.24) is 5.32 Å². The SMILES string of the molecule is O=C(O)NCc1ccc(C(F)(F)F)c([N+](=O)[O-])c1. The molecule has 0 bridgehead atoms. The molecule has 98 valence electrons. The summed E-state index contributed by atoms with van der Waals surface area (Å²) in [7, 11) is 0. The summed E-state index contributed by atoms with van der Waals surface area (Å²) in [6.07, 6.45) is -6.21. The van der Waals surface area contributed by atoms with Crippen molar-refractivity contribution in [1.29, 1.82) is 0 Å². The number of hydrogen-bond donors (Lipinski definition) is 2. The van der Waals surface area contributed by atoms with Gasteiger partial charge in [0.2, 0.25) is 0 Å². The minimum atomic E-state index is -4.83. The summed E-state index contributed by atoms with van der Waals surface area (Å²) in [5.74, 6) is 0. The third-order valence-electron chi connectivity index (χ3n) is 2.01. The van der Waals surface area contributed by atoms with Gasteiger partial charge in [-0.15, -0.1) is 0 Å². The van der Waals surface area contributed by atoms with Gasteiger partial charge in [0.05, 0.1) is 4.92 Å². The van der Waals surface area contributed by atoms with E-state index in [0.717, 1.165) is 6.07 Å². The number of hydrogen-bond acceptors (Lipinski definition) is 3. The molecule has 0 heterocycles. The Morgan fingerprint density at radius 3 is 2.50 bits per heavy atom. The smallest absolute Gasteiger partial charge is 0.422 e. The summed E-state index contributed by atoms with van der Waals surface area (Å²) >= 11 is 0. The minimum absolute atomic E-state index is 0.0668. The van der Waals surface area contributed by atoms with Crippen molar-refractivity contribution in [3.05, 3.63) is 39.4 Å². The van der Waals surface area contributed by atoms with E-state index in [0.29, 0.717) is 12.1 Å². The van der Waals surface area contributed by atoms with Gasteiger partial charge in [-0.1, -0.05) is 6.07 Å². The Labute approximate surface area is 98.2 Å². The zero-order valence-electron chi connectivity index (χ0n) is 8.69. The van der Waals surface area contributed by atoms with Gasteiger partial charge < -0.3 is 10.4 Å². The molecule has 1 aromatic carbocycles. The Balaban J connectivity index is 3.12. The third kappa shape index (κ3) is 3.34. The molecule has 0 unspecified atom stereocenters. The number of nitro groups is 1. The Bertz CT molecular complexity index is 487. The Kier molecular flexibility index (Phi) is 3.74. The Hall–Kier alpha value is -2.32. The van der Waals surface area contributed by atoms with Crippen LogP contribution in [0.15, 0.2) is 18.2 Å². The highest BCUT2D eigenvalue weighted by Gasteiger charge is 2.38. The molecular formula is C9H7F3N2O4. The monoisotopic (exact) mass is 264 g/mol. The quantitative estimate of drug-likeness (QED) is 0.647. The van der Waals surface area contributed by atoms with E-state index in [1.165, 1.54) is 0 Å². The summed E-state index contributed by atoms with van der Waals surface area (Å²) in [5.41, 5.74) is -2.41. The lowest BCUT2D eigenvalue weighted by molar-refractivity contribution is -0.388. The van der Waals surface area contributed by atoms with Gasteiger partial charge in [-0.25, -0.2) is 4.79 Å². The number of nitrogens with one attached hydrogen (secondary N) is 1. The number of nitro benzene ring substituents is 1. The number of amides is 1. The lowest BCUT2D eigenvalue weighted by Crippen LogP contribution is -2.20. The van der Waals surface area contributed by atoms with Gasteiger partial charge in [0.1, 0.15) is 5.56 Å². The number of alkyl halides is 3. The van der Waals surface area contributed by atoms with Crippen LogP contribution in [0.1, 0.15) is 11.1 Å². The average molecular weight is 264 g/mol. The van der Waals surface area contributed by atoms with Crippen LogP contribution in [-0.4, -0.2) is 16.1 Å². The van der Waals surface area contributed by atoms with Crippen molar-refractivity contribution in [2.24, 2.45) is 0 Å². The normalized spacial score (nSPS) is 11.1. The van der Waals surface area contributed by atoms with Crippen LogP contribution in [0.25, 0.3) is 0 Å². The first kappa shape index (κ1) is 13.7. The maximum absolute atomic E-state index is 12.4. The molecule has 18 heavy (non-hydrogen) atoms. The number of carbonyl (C=O) groups is 1. The van der Waals surface area contributed by atoms with Crippen molar-refractivity contribution in [2.45, 2.75) is 12.7 Å². The number of halogens is 3. The molecule has 0 saturated carbocycles. The van der Waals surface area contributed by atoms with Crippen LogP contribution in [0.2, 0.25) is 0 Å². The minimum Gasteiger partial charge on any atom is -0.465 e. The first-order valence-electron chi connectivity index (χ1n) is 4.53. The maximum Gasteiger partial charge on any atom is 0.422 e. The zero-order chi connectivity index (χ0) is 13.9. The molecule has 2 N–H and O–H groups in total. The van der Waals surface area contributed by atoms with E-state index < -0.39 is 28.4 Å².